The highest BCUT2D eigenvalue weighted by Crippen LogP contribution is 2.33. The van der Waals surface area contributed by atoms with Gasteiger partial charge in [0, 0.05) is 24.4 Å². The van der Waals surface area contributed by atoms with E-state index in [4.69, 9.17) is 27.9 Å². The SMILES string of the molecule is COCC(=O)N1CCc2ccc(NS(=O)(=O)c3cc(Cl)ccc3Cl)cc21. The third kappa shape index (κ3) is 3.81. The number of rotatable bonds is 5. The minimum Gasteiger partial charge on any atom is -0.375 e. The first-order valence-corrected chi connectivity index (χ1v) is 9.96. The van der Waals surface area contributed by atoms with Gasteiger partial charge >= 0.3 is 0 Å². The average molecular weight is 415 g/mol. The zero-order valence-electron chi connectivity index (χ0n) is 13.8. The molecule has 1 aliphatic rings. The van der Waals surface area contributed by atoms with Gasteiger partial charge in [-0.05, 0) is 42.3 Å². The number of halogens is 2. The van der Waals surface area contributed by atoms with Gasteiger partial charge in [-0.2, -0.15) is 0 Å². The Morgan fingerprint density at radius 2 is 2.00 bits per heavy atom. The van der Waals surface area contributed by atoms with E-state index in [0.717, 1.165) is 5.56 Å². The molecule has 1 heterocycles. The van der Waals surface area contributed by atoms with Crippen molar-refractivity contribution in [1.82, 2.24) is 0 Å². The van der Waals surface area contributed by atoms with Crippen LogP contribution >= 0.6 is 23.2 Å². The van der Waals surface area contributed by atoms with Crippen LogP contribution in [0.5, 0.6) is 0 Å². The number of methoxy groups -OCH3 is 1. The van der Waals surface area contributed by atoms with Gasteiger partial charge in [-0.3, -0.25) is 9.52 Å². The van der Waals surface area contributed by atoms with E-state index in [1.807, 2.05) is 0 Å². The van der Waals surface area contributed by atoms with Crippen molar-refractivity contribution < 1.29 is 17.9 Å². The fraction of sp³-hybridized carbons (Fsp3) is 0.235. The van der Waals surface area contributed by atoms with Gasteiger partial charge in [0.2, 0.25) is 0 Å². The lowest BCUT2D eigenvalue weighted by Crippen LogP contribution is -2.32. The number of nitrogens with zero attached hydrogens (tertiary/aromatic N) is 1. The van der Waals surface area contributed by atoms with Crippen LogP contribution < -0.4 is 9.62 Å². The lowest BCUT2D eigenvalue weighted by atomic mass is 10.1. The standard InChI is InChI=1S/C17H16Cl2N2O4S/c1-25-10-17(22)21-7-6-11-2-4-13(9-15(11)21)20-26(23,24)16-8-12(18)3-5-14(16)19/h2-5,8-9,20H,6-7,10H2,1H3. The van der Waals surface area contributed by atoms with Crippen LogP contribution in [0.4, 0.5) is 11.4 Å². The molecule has 0 fully saturated rings. The monoisotopic (exact) mass is 414 g/mol. The van der Waals surface area contributed by atoms with Crippen molar-refractivity contribution >= 4 is 50.5 Å². The molecule has 9 heteroatoms. The first kappa shape index (κ1) is 19.0. The lowest BCUT2D eigenvalue weighted by Gasteiger charge is -2.18. The lowest BCUT2D eigenvalue weighted by molar-refractivity contribution is -0.122. The summed E-state index contributed by atoms with van der Waals surface area (Å²) in [6, 6.07) is 9.30. The number of carbonyl (C=O) groups excluding carboxylic acids is 1. The second-order valence-electron chi connectivity index (χ2n) is 5.75. The van der Waals surface area contributed by atoms with Crippen molar-refractivity contribution in [2.24, 2.45) is 0 Å². The van der Waals surface area contributed by atoms with E-state index in [1.54, 1.807) is 23.1 Å². The van der Waals surface area contributed by atoms with Gasteiger partial charge in [-0.15, -0.1) is 0 Å². The molecule has 0 atom stereocenters. The maximum atomic E-state index is 12.6. The van der Waals surface area contributed by atoms with Gasteiger partial charge < -0.3 is 9.64 Å². The van der Waals surface area contributed by atoms with Crippen LogP contribution in [-0.2, 0) is 26.0 Å². The molecule has 1 aliphatic heterocycles. The highest BCUT2D eigenvalue weighted by Gasteiger charge is 2.26. The number of hydrogen-bond acceptors (Lipinski definition) is 4. The molecule has 1 amide bonds. The molecular weight excluding hydrogens is 399 g/mol. The number of hydrogen-bond donors (Lipinski definition) is 1. The summed E-state index contributed by atoms with van der Waals surface area (Å²) in [5, 5.41) is 0.333. The number of benzene rings is 2. The number of amides is 1. The molecule has 26 heavy (non-hydrogen) atoms. The van der Waals surface area contributed by atoms with Gasteiger partial charge in [0.1, 0.15) is 11.5 Å². The van der Waals surface area contributed by atoms with Crippen molar-refractivity contribution in [2.45, 2.75) is 11.3 Å². The summed E-state index contributed by atoms with van der Waals surface area (Å²) in [6.45, 7) is 0.501. The van der Waals surface area contributed by atoms with Gasteiger partial charge in [-0.1, -0.05) is 29.3 Å². The Balaban J connectivity index is 1.91. The molecular formula is C17H16Cl2N2O4S. The third-order valence-electron chi connectivity index (χ3n) is 3.98. The Labute approximate surface area is 161 Å². The maximum Gasteiger partial charge on any atom is 0.263 e. The molecule has 0 aliphatic carbocycles. The summed E-state index contributed by atoms with van der Waals surface area (Å²) in [4.78, 5) is 13.6. The Hall–Kier alpha value is -1.80. The van der Waals surface area contributed by atoms with Crippen LogP contribution in [0.3, 0.4) is 0 Å². The number of nitrogens with one attached hydrogen (secondary N) is 1. The number of anilines is 2. The van der Waals surface area contributed by atoms with Crippen LogP contribution in [0.15, 0.2) is 41.3 Å². The predicted octanol–water partition coefficient (Wildman–Crippen LogP) is 3.33. The number of ether oxygens (including phenoxy) is 1. The van der Waals surface area contributed by atoms with E-state index in [0.29, 0.717) is 24.3 Å². The molecule has 138 valence electrons. The van der Waals surface area contributed by atoms with E-state index in [2.05, 4.69) is 4.72 Å². The van der Waals surface area contributed by atoms with Gasteiger partial charge in [-0.25, -0.2) is 8.42 Å². The van der Waals surface area contributed by atoms with E-state index in [-0.39, 0.29) is 27.5 Å². The summed E-state index contributed by atoms with van der Waals surface area (Å²) >= 11 is 11.9. The normalized spacial score (nSPS) is 13.6. The Bertz CT molecular complexity index is 963. The molecule has 0 aromatic heterocycles. The molecule has 2 aromatic carbocycles. The molecule has 0 spiro atoms. The molecule has 3 rings (SSSR count). The molecule has 6 nitrogen and oxygen atoms in total. The molecule has 0 radical (unpaired) electrons. The summed E-state index contributed by atoms with van der Waals surface area (Å²) in [6.07, 6.45) is 0.706. The highest BCUT2D eigenvalue weighted by atomic mass is 35.5. The Kier molecular flexibility index (Phi) is 5.43. The highest BCUT2D eigenvalue weighted by molar-refractivity contribution is 7.92. The smallest absolute Gasteiger partial charge is 0.263 e. The molecule has 2 aromatic rings. The second-order valence-corrected chi connectivity index (χ2v) is 8.25. The zero-order valence-corrected chi connectivity index (χ0v) is 16.2. The van der Waals surface area contributed by atoms with Gasteiger partial charge in [0.25, 0.3) is 15.9 Å². The van der Waals surface area contributed by atoms with E-state index < -0.39 is 10.0 Å². The topological polar surface area (TPSA) is 75.7 Å². The van der Waals surface area contributed by atoms with E-state index in [9.17, 15) is 13.2 Å². The summed E-state index contributed by atoms with van der Waals surface area (Å²) in [5.74, 6) is -0.177. The van der Waals surface area contributed by atoms with Crippen molar-refractivity contribution in [1.29, 1.82) is 0 Å². The Morgan fingerprint density at radius 1 is 1.23 bits per heavy atom. The Morgan fingerprint density at radius 3 is 2.73 bits per heavy atom. The molecule has 0 saturated heterocycles. The van der Waals surface area contributed by atoms with Crippen LogP contribution in [0.1, 0.15) is 5.56 Å². The number of sulfonamides is 1. The maximum absolute atomic E-state index is 12.6. The van der Waals surface area contributed by atoms with Crippen LogP contribution in [0.2, 0.25) is 10.0 Å². The van der Waals surface area contributed by atoms with Crippen LogP contribution in [0, 0.1) is 0 Å². The van der Waals surface area contributed by atoms with Crippen molar-refractivity contribution in [2.75, 3.05) is 29.9 Å². The molecule has 0 saturated carbocycles. The molecule has 0 unspecified atom stereocenters. The van der Waals surface area contributed by atoms with Crippen LogP contribution in [0.25, 0.3) is 0 Å². The summed E-state index contributed by atoms with van der Waals surface area (Å²) in [5.41, 5.74) is 1.97. The minimum atomic E-state index is -3.93. The van der Waals surface area contributed by atoms with Gasteiger partial charge in [0.15, 0.2) is 0 Å². The largest absolute Gasteiger partial charge is 0.375 e. The fourth-order valence-electron chi connectivity index (χ4n) is 2.80. The van der Waals surface area contributed by atoms with E-state index >= 15 is 0 Å². The van der Waals surface area contributed by atoms with E-state index in [1.165, 1.54) is 25.3 Å². The first-order chi connectivity index (χ1) is 12.3. The van der Waals surface area contributed by atoms with Crippen molar-refractivity contribution in [3.63, 3.8) is 0 Å². The predicted molar refractivity (Wildman–Crippen MR) is 102 cm³/mol. The number of carbonyl (C=O) groups is 1. The average Bonchev–Trinajstić information content (AvgIpc) is 3.00. The second kappa shape index (κ2) is 7.44. The zero-order chi connectivity index (χ0) is 18.9. The molecule has 0 bridgehead atoms. The van der Waals surface area contributed by atoms with Gasteiger partial charge in [0.05, 0.1) is 10.7 Å². The van der Waals surface area contributed by atoms with Crippen LogP contribution in [-0.4, -0.2) is 34.6 Å². The summed E-state index contributed by atoms with van der Waals surface area (Å²) < 4.78 is 32.7. The quantitative estimate of drug-likeness (QED) is 0.813. The number of fused-ring (bicyclic) bond motifs is 1. The van der Waals surface area contributed by atoms with Crippen molar-refractivity contribution in [3.05, 3.63) is 52.0 Å². The molecule has 1 N–H and O–H groups in total. The first-order valence-electron chi connectivity index (χ1n) is 7.72. The minimum absolute atomic E-state index is 0.0342. The van der Waals surface area contributed by atoms with Crippen molar-refractivity contribution in [3.8, 4) is 0 Å². The fourth-order valence-corrected chi connectivity index (χ4v) is 4.61. The summed E-state index contributed by atoms with van der Waals surface area (Å²) in [7, 11) is -2.47. The third-order valence-corrected chi connectivity index (χ3v) is 6.08.